The number of carbonyl (C=O) groups is 3. The largest absolute Gasteiger partial charge is 0.496 e. The lowest BCUT2D eigenvalue weighted by Crippen LogP contribution is -2.41. The summed E-state index contributed by atoms with van der Waals surface area (Å²) in [6.07, 6.45) is 2.99. The topological polar surface area (TPSA) is 105 Å². The molecule has 0 unspecified atom stereocenters. The van der Waals surface area contributed by atoms with Crippen molar-refractivity contribution in [2.24, 2.45) is 0 Å². The summed E-state index contributed by atoms with van der Waals surface area (Å²) in [6.45, 7) is 1.94. The van der Waals surface area contributed by atoms with Gasteiger partial charge in [0.25, 0.3) is 5.91 Å². The van der Waals surface area contributed by atoms with Crippen LogP contribution in [0.1, 0.15) is 34.3 Å². The molecule has 0 saturated heterocycles. The molecular weight excluding hydrogens is 488 g/mol. The van der Waals surface area contributed by atoms with Gasteiger partial charge >= 0.3 is 5.97 Å². The number of methoxy groups -OCH3 is 1. The number of rotatable bonds is 12. The van der Waals surface area contributed by atoms with Crippen molar-refractivity contribution in [1.82, 2.24) is 5.32 Å². The number of aryl methyl sites for hydroxylation is 2. The quantitative estimate of drug-likeness (QED) is 0.304. The molecule has 7 nitrogen and oxygen atoms in total. The second-order valence-electron chi connectivity index (χ2n) is 8.58. The lowest BCUT2D eigenvalue weighted by molar-refractivity contribution is -0.139. The Morgan fingerprint density at radius 3 is 2.43 bits per heavy atom. The highest BCUT2D eigenvalue weighted by Crippen LogP contribution is 2.30. The molecule has 0 aliphatic heterocycles. The molecule has 0 bridgehead atoms. The smallest absolute Gasteiger partial charge is 0.326 e. The molecule has 0 aromatic heterocycles. The Bertz CT molecular complexity index is 1260. The van der Waals surface area contributed by atoms with E-state index in [9.17, 15) is 19.5 Å². The Kier molecular flexibility index (Phi) is 10.1. The molecule has 3 N–H and O–H groups in total. The lowest BCUT2D eigenvalue weighted by atomic mass is 9.94. The van der Waals surface area contributed by atoms with Crippen LogP contribution >= 0.6 is 11.8 Å². The minimum absolute atomic E-state index is 0.165. The summed E-state index contributed by atoms with van der Waals surface area (Å²) in [5, 5.41) is 15.1. The Balaban J connectivity index is 1.84. The second-order valence-corrected chi connectivity index (χ2v) is 9.57. The van der Waals surface area contributed by atoms with E-state index in [1.807, 2.05) is 61.7 Å². The monoisotopic (exact) mass is 520 g/mol. The second kappa shape index (κ2) is 13.5. The Morgan fingerprint density at radius 2 is 1.73 bits per heavy atom. The van der Waals surface area contributed by atoms with Gasteiger partial charge in [0.1, 0.15) is 11.8 Å². The van der Waals surface area contributed by atoms with Crippen LogP contribution in [0.2, 0.25) is 0 Å². The van der Waals surface area contributed by atoms with Gasteiger partial charge in [0.15, 0.2) is 0 Å². The number of nitrogens with one attached hydrogen (secondary N) is 2. The molecular formula is C29H32N2O5S. The number of para-hydroxylation sites is 1. The molecule has 3 aromatic rings. The molecule has 0 radical (unpaired) electrons. The highest BCUT2D eigenvalue weighted by molar-refractivity contribution is 7.98. The van der Waals surface area contributed by atoms with Gasteiger partial charge in [-0.1, -0.05) is 42.5 Å². The summed E-state index contributed by atoms with van der Waals surface area (Å²) in [5.41, 5.74) is 4.24. The van der Waals surface area contributed by atoms with E-state index in [4.69, 9.17) is 4.74 Å². The van der Waals surface area contributed by atoms with Crippen LogP contribution in [-0.4, -0.2) is 48.1 Å². The zero-order chi connectivity index (χ0) is 26.8. The fraction of sp³-hybridized carbons (Fsp3) is 0.276. The van der Waals surface area contributed by atoms with Gasteiger partial charge in [0.2, 0.25) is 5.91 Å². The summed E-state index contributed by atoms with van der Waals surface area (Å²) in [7, 11) is 1.60. The number of amides is 2. The molecule has 37 heavy (non-hydrogen) atoms. The minimum Gasteiger partial charge on any atom is -0.496 e. The van der Waals surface area contributed by atoms with Crippen molar-refractivity contribution in [3.63, 3.8) is 0 Å². The van der Waals surface area contributed by atoms with Gasteiger partial charge in [0, 0.05) is 17.7 Å². The maximum atomic E-state index is 13.2. The summed E-state index contributed by atoms with van der Waals surface area (Å²) in [4.78, 5) is 37.6. The van der Waals surface area contributed by atoms with Crippen molar-refractivity contribution >= 4 is 35.2 Å². The van der Waals surface area contributed by atoms with E-state index < -0.39 is 17.9 Å². The normalized spacial score (nSPS) is 11.4. The molecule has 8 heteroatoms. The number of hydrogen-bond donors (Lipinski definition) is 3. The van der Waals surface area contributed by atoms with Crippen LogP contribution in [0, 0.1) is 6.92 Å². The Hall–Kier alpha value is -3.78. The first-order valence-corrected chi connectivity index (χ1v) is 13.4. The molecule has 194 valence electrons. The highest BCUT2D eigenvalue weighted by Gasteiger charge is 2.23. The SMILES string of the molecule is COc1ccccc1CCC(=O)Nc1ccc(C(=O)N[C@@H](CCSC)C(=O)O)c(-c2ccccc2C)c1. The van der Waals surface area contributed by atoms with Crippen LogP contribution < -0.4 is 15.4 Å². The van der Waals surface area contributed by atoms with Crippen molar-refractivity contribution < 1.29 is 24.2 Å². The van der Waals surface area contributed by atoms with E-state index in [0.717, 1.165) is 22.4 Å². The van der Waals surface area contributed by atoms with Gasteiger partial charge in [-0.2, -0.15) is 11.8 Å². The van der Waals surface area contributed by atoms with Crippen LogP contribution in [0.4, 0.5) is 5.69 Å². The third kappa shape index (κ3) is 7.60. The van der Waals surface area contributed by atoms with Gasteiger partial charge < -0.3 is 20.5 Å². The molecule has 3 rings (SSSR count). The number of aliphatic carboxylic acids is 1. The van der Waals surface area contributed by atoms with Crippen LogP contribution in [-0.2, 0) is 16.0 Å². The summed E-state index contributed by atoms with van der Waals surface area (Å²) in [6, 6.07) is 19.3. The number of ether oxygens (including phenoxy) is 1. The number of benzene rings is 3. The van der Waals surface area contributed by atoms with E-state index in [1.54, 1.807) is 25.3 Å². The van der Waals surface area contributed by atoms with E-state index in [-0.39, 0.29) is 12.3 Å². The van der Waals surface area contributed by atoms with Crippen LogP contribution in [0.25, 0.3) is 11.1 Å². The first-order chi connectivity index (χ1) is 17.8. The Morgan fingerprint density at radius 1 is 1.00 bits per heavy atom. The van der Waals surface area contributed by atoms with Crippen LogP contribution in [0.5, 0.6) is 5.75 Å². The average Bonchev–Trinajstić information content (AvgIpc) is 2.90. The van der Waals surface area contributed by atoms with Crippen molar-refractivity contribution in [2.45, 2.75) is 32.2 Å². The Labute approximate surface area is 221 Å². The number of carboxylic acids is 1. The van der Waals surface area contributed by atoms with Crippen molar-refractivity contribution in [3.8, 4) is 16.9 Å². The van der Waals surface area contributed by atoms with Gasteiger partial charge in [0.05, 0.1) is 7.11 Å². The predicted octanol–water partition coefficient (Wildman–Crippen LogP) is 5.18. The third-order valence-corrected chi connectivity index (χ3v) is 6.66. The lowest BCUT2D eigenvalue weighted by Gasteiger charge is -2.18. The van der Waals surface area contributed by atoms with E-state index in [0.29, 0.717) is 35.4 Å². The zero-order valence-corrected chi connectivity index (χ0v) is 22.1. The van der Waals surface area contributed by atoms with Gasteiger partial charge in [-0.3, -0.25) is 9.59 Å². The first-order valence-electron chi connectivity index (χ1n) is 12.0. The number of carboxylic acid groups (broad SMARTS) is 1. The number of hydrogen-bond acceptors (Lipinski definition) is 5. The van der Waals surface area contributed by atoms with Crippen LogP contribution in [0.15, 0.2) is 66.7 Å². The number of carbonyl (C=O) groups excluding carboxylic acids is 2. The number of thioether (sulfide) groups is 1. The minimum atomic E-state index is -1.07. The van der Waals surface area contributed by atoms with Crippen molar-refractivity contribution in [2.75, 3.05) is 24.4 Å². The third-order valence-electron chi connectivity index (χ3n) is 6.01. The zero-order valence-electron chi connectivity index (χ0n) is 21.2. The molecule has 2 amide bonds. The summed E-state index contributed by atoms with van der Waals surface area (Å²) >= 11 is 1.52. The van der Waals surface area contributed by atoms with Gasteiger partial charge in [-0.05, 0) is 78.3 Å². The molecule has 0 heterocycles. The standard InChI is InChI=1S/C29H32N2O5S/c1-19-8-4-6-10-22(19)24-18-21(30-27(32)15-12-20-9-5-7-11-26(20)36-2)13-14-23(24)28(33)31-25(29(34)35)16-17-37-3/h4-11,13-14,18,25H,12,15-17H2,1-3H3,(H,30,32)(H,31,33)(H,34,35)/t25-/m0/s1. The van der Waals surface area contributed by atoms with Gasteiger partial charge in [-0.15, -0.1) is 0 Å². The molecule has 0 spiro atoms. The van der Waals surface area contributed by atoms with E-state index >= 15 is 0 Å². The van der Waals surface area contributed by atoms with Crippen LogP contribution in [0.3, 0.4) is 0 Å². The van der Waals surface area contributed by atoms with E-state index in [1.165, 1.54) is 11.8 Å². The first kappa shape index (κ1) is 27.8. The van der Waals surface area contributed by atoms with Gasteiger partial charge in [-0.25, -0.2) is 4.79 Å². The number of anilines is 1. The van der Waals surface area contributed by atoms with Crippen molar-refractivity contribution in [3.05, 3.63) is 83.4 Å². The molecule has 3 aromatic carbocycles. The maximum absolute atomic E-state index is 13.2. The highest BCUT2D eigenvalue weighted by atomic mass is 32.2. The van der Waals surface area contributed by atoms with Crippen molar-refractivity contribution in [1.29, 1.82) is 0 Å². The fourth-order valence-corrected chi connectivity index (χ4v) is 4.50. The molecule has 0 saturated carbocycles. The summed E-state index contributed by atoms with van der Waals surface area (Å²) < 4.78 is 5.36. The molecule has 0 fully saturated rings. The fourth-order valence-electron chi connectivity index (χ4n) is 4.03. The summed E-state index contributed by atoms with van der Waals surface area (Å²) in [5.74, 6) is -0.354. The van der Waals surface area contributed by atoms with E-state index in [2.05, 4.69) is 10.6 Å². The maximum Gasteiger partial charge on any atom is 0.326 e. The molecule has 0 aliphatic carbocycles. The molecule has 0 aliphatic rings. The molecule has 1 atom stereocenters. The average molecular weight is 521 g/mol. The predicted molar refractivity (Wildman–Crippen MR) is 148 cm³/mol.